The molecule has 4 bridgehead atoms. The Bertz CT molecular complexity index is 1130. The van der Waals surface area contributed by atoms with Crippen molar-refractivity contribution in [2.45, 2.75) is 75.9 Å². The molecule has 0 atom stereocenters. The summed E-state index contributed by atoms with van der Waals surface area (Å²) in [4.78, 5) is 28.3. The summed E-state index contributed by atoms with van der Waals surface area (Å²) in [6.07, 6.45) is 9.82. The van der Waals surface area contributed by atoms with Crippen molar-refractivity contribution in [3.63, 3.8) is 0 Å². The van der Waals surface area contributed by atoms with Gasteiger partial charge in [-0.15, -0.1) is 0 Å². The van der Waals surface area contributed by atoms with Gasteiger partial charge in [0.05, 0.1) is 17.8 Å². The lowest BCUT2D eigenvalue weighted by atomic mass is 9.53. The van der Waals surface area contributed by atoms with E-state index in [2.05, 4.69) is 22.0 Å². The Morgan fingerprint density at radius 3 is 2.18 bits per heavy atom. The molecule has 5 saturated carbocycles. The van der Waals surface area contributed by atoms with E-state index in [0.717, 1.165) is 73.2 Å². The molecule has 1 aromatic carbocycles. The normalized spacial score (nSPS) is 31.4. The van der Waals surface area contributed by atoms with E-state index in [-0.39, 0.29) is 11.6 Å². The zero-order valence-electron chi connectivity index (χ0n) is 19.8. The molecule has 0 unspecified atom stereocenters. The molecule has 0 saturated heterocycles. The van der Waals surface area contributed by atoms with Crippen LogP contribution in [0.5, 0.6) is 0 Å². The molecule has 34 heavy (non-hydrogen) atoms. The van der Waals surface area contributed by atoms with Gasteiger partial charge in [0.25, 0.3) is 5.91 Å². The summed E-state index contributed by atoms with van der Waals surface area (Å²) >= 11 is 0. The van der Waals surface area contributed by atoms with Crippen LogP contribution in [-0.2, 0) is 13.1 Å². The summed E-state index contributed by atoms with van der Waals surface area (Å²) in [5.74, 6) is 2.47. The molecule has 5 fully saturated rings. The number of hydrogen-bond donors (Lipinski definition) is 2. The number of urea groups is 1. The second kappa shape index (κ2) is 7.37. The number of nitrogens with one attached hydrogen (secondary N) is 1. The van der Waals surface area contributed by atoms with Gasteiger partial charge in [0, 0.05) is 29.9 Å². The SMILES string of the molecule is NC(=O)c1c(-c2ccccc2)c(C2CC2)n2c1CN(C(=O)NC13CC4CC(CC(C4)C1)C3)CC2. The molecule has 0 radical (unpaired) electrons. The predicted molar refractivity (Wildman–Crippen MR) is 130 cm³/mol. The van der Waals surface area contributed by atoms with Crippen molar-refractivity contribution in [1.82, 2.24) is 14.8 Å². The molecule has 0 spiro atoms. The Balaban J connectivity index is 1.21. The molecule has 1 aliphatic heterocycles. The van der Waals surface area contributed by atoms with Gasteiger partial charge in [-0.05, 0) is 80.6 Å². The quantitative estimate of drug-likeness (QED) is 0.701. The predicted octanol–water partition coefficient (Wildman–Crippen LogP) is 4.63. The summed E-state index contributed by atoms with van der Waals surface area (Å²) in [5, 5.41) is 3.52. The first-order valence-electron chi connectivity index (χ1n) is 13.2. The summed E-state index contributed by atoms with van der Waals surface area (Å²) in [7, 11) is 0. The minimum Gasteiger partial charge on any atom is -0.366 e. The molecular formula is C28H34N4O2. The van der Waals surface area contributed by atoms with Crippen LogP contribution in [0.1, 0.15) is 79.0 Å². The fourth-order valence-electron chi connectivity index (χ4n) is 8.27. The fraction of sp³-hybridized carbons (Fsp3) is 0.571. The Labute approximate surface area is 200 Å². The lowest BCUT2D eigenvalue weighted by Crippen LogP contribution is -2.62. The van der Waals surface area contributed by atoms with E-state index in [1.807, 2.05) is 23.1 Å². The number of primary amides is 1. The highest BCUT2D eigenvalue weighted by Gasteiger charge is 2.52. The second-order valence-corrected chi connectivity index (χ2v) is 11.8. The molecule has 6 nitrogen and oxygen atoms in total. The number of aromatic nitrogens is 1. The van der Waals surface area contributed by atoms with Gasteiger partial charge in [0.15, 0.2) is 0 Å². The first-order chi connectivity index (χ1) is 16.5. The van der Waals surface area contributed by atoms with E-state index in [0.29, 0.717) is 24.6 Å². The van der Waals surface area contributed by atoms with E-state index < -0.39 is 5.91 Å². The summed E-state index contributed by atoms with van der Waals surface area (Å²) < 4.78 is 2.31. The maximum atomic E-state index is 13.6. The van der Waals surface area contributed by atoms with Crippen LogP contribution in [0.4, 0.5) is 4.79 Å². The van der Waals surface area contributed by atoms with Crippen LogP contribution in [0.15, 0.2) is 30.3 Å². The van der Waals surface area contributed by atoms with Crippen molar-refractivity contribution in [3.8, 4) is 11.1 Å². The molecule has 3 N–H and O–H groups in total. The van der Waals surface area contributed by atoms with Gasteiger partial charge in [0.1, 0.15) is 0 Å². The van der Waals surface area contributed by atoms with Crippen LogP contribution >= 0.6 is 0 Å². The van der Waals surface area contributed by atoms with Crippen molar-refractivity contribution >= 4 is 11.9 Å². The zero-order valence-corrected chi connectivity index (χ0v) is 19.8. The molecule has 8 rings (SSSR count). The minimum absolute atomic E-state index is 0.00777. The molecule has 5 aliphatic carbocycles. The highest BCUT2D eigenvalue weighted by Crippen LogP contribution is 2.55. The number of amides is 3. The second-order valence-electron chi connectivity index (χ2n) is 11.8. The maximum Gasteiger partial charge on any atom is 0.318 e. The Hall–Kier alpha value is -2.76. The summed E-state index contributed by atoms with van der Waals surface area (Å²) in [6, 6.07) is 10.2. The number of rotatable bonds is 4. The van der Waals surface area contributed by atoms with E-state index >= 15 is 0 Å². The van der Waals surface area contributed by atoms with Gasteiger partial charge in [-0.25, -0.2) is 4.79 Å². The molecule has 1 aromatic heterocycles. The lowest BCUT2D eigenvalue weighted by molar-refractivity contribution is -0.0161. The van der Waals surface area contributed by atoms with Gasteiger partial charge < -0.3 is 20.5 Å². The van der Waals surface area contributed by atoms with E-state index in [9.17, 15) is 9.59 Å². The molecule has 178 valence electrons. The van der Waals surface area contributed by atoms with Crippen LogP contribution in [0, 0.1) is 17.8 Å². The van der Waals surface area contributed by atoms with Crippen LogP contribution in [0.2, 0.25) is 0 Å². The standard InChI is InChI=1S/C28H34N4O2/c29-26(33)24-22-16-31(27(34)30-28-13-17-10-18(14-28)12-19(11-17)15-28)8-9-32(22)25(21-6-7-21)23(24)20-4-2-1-3-5-20/h1-5,17-19,21H,6-16H2,(H2,29,33)(H,30,34). The van der Waals surface area contributed by atoms with Crippen LogP contribution in [0.3, 0.4) is 0 Å². The average molecular weight is 459 g/mol. The first kappa shape index (κ1) is 20.6. The Kier molecular flexibility index (Phi) is 4.46. The van der Waals surface area contributed by atoms with Crippen molar-refractivity contribution in [1.29, 1.82) is 0 Å². The third-order valence-corrected chi connectivity index (χ3v) is 9.32. The van der Waals surface area contributed by atoms with Gasteiger partial charge >= 0.3 is 6.03 Å². The topological polar surface area (TPSA) is 80.4 Å². The molecule has 3 amide bonds. The smallest absolute Gasteiger partial charge is 0.318 e. The molecule has 6 heteroatoms. The zero-order chi connectivity index (χ0) is 23.0. The number of carbonyl (C=O) groups is 2. The first-order valence-corrected chi connectivity index (χ1v) is 13.2. The number of benzene rings is 1. The minimum atomic E-state index is -0.391. The Morgan fingerprint density at radius 2 is 1.59 bits per heavy atom. The van der Waals surface area contributed by atoms with Crippen molar-refractivity contribution in [2.75, 3.05) is 6.54 Å². The highest BCUT2D eigenvalue weighted by atomic mass is 16.2. The van der Waals surface area contributed by atoms with Crippen molar-refractivity contribution < 1.29 is 9.59 Å². The number of nitrogens with two attached hydrogens (primary N) is 1. The third-order valence-electron chi connectivity index (χ3n) is 9.32. The van der Waals surface area contributed by atoms with E-state index in [4.69, 9.17) is 5.73 Å². The molecule has 2 heterocycles. The van der Waals surface area contributed by atoms with Crippen molar-refractivity contribution in [2.24, 2.45) is 23.5 Å². The van der Waals surface area contributed by atoms with Crippen LogP contribution in [0.25, 0.3) is 11.1 Å². The summed E-state index contributed by atoms with van der Waals surface area (Å²) in [6.45, 7) is 1.84. The molecule has 6 aliphatic rings. The molecular weight excluding hydrogens is 424 g/mol. The van der Waals surface area contributed by atoms with Gasteiger partial charge in [-0.3, -0.25) is 4.79 Å². The third kappa shape index (κ3) is 3.21. The van der Waals surface area contributed by atoms with E-state index in [1.165, 1.54) is 25.0 Å². The molecule has 2 aromatic rings. The number of hydrogen-bond acceptors (Lipinski definition) is 2. The Morgan fingerprint density at radius 1 is 0.941 bits per heavy atom. The van der Waals surface area contributed by atoms with Gasteiger partial charge in [0.2, 0.25) is 0 Å². The number of carbonyl (C=O) groups excluding carboxylic acids is 2. The van der Waals surface area contributed by atoms with Gasteiger partial charge in [-0.2, -0.15) is 0 Å². The average Bonchev–Trinajstić information content (AvgIpc) is 3.58. The van der Waals surface area contributed by atoms with Crippen LogP contribution in [-0.4, -0.2) is 33.5 Å². The monoisotopic (exact) mass is 458 g/mol. The fourth-order valence-corrected chi connectivity index (χ4v) is 8.27. The number of fused-ring (bicyclic) bond motifs is 1. The van der Waals surface area contributed by atoms with Gasteiger partial charge in [-0.1, -0.05) is 30.3 Å². The highest BCUT2D eigenvalue weighted by molar-refractivity contribution is 6.02. The summed E-state index contributed by atoms with van der Waals surface area (Å²) in [5.41, 5.74) is 10.8. The van der Waals surface area contributed by atoms with Crippen LogP contribution < -0.4 is 11.1 Å². The number of nitrogens with zero attached hydrogens (tertiary/aromatic N) is 2. The lowest BCUT2D eigenvalue weighted by Gasteiger charge is -2.57. The van der Waals surface area contributed by atoms with E-state index in [1.54, 1.807) is 0 Å². The maximum absolute atomic E-state index is 13.6. The van der Waals surface area contributed by atoms with Crippen molar-refractivity contribution in [3.05, 3.63) is 47.3 Å². The largest absolute Gasteiger partial charge is 0.366 e.